The Morgan fingerprint density at radius 1 is 1.24 bits per heavy atom. The zero-order chi connectivity index (χ0) is 15.5. The molecule has 0 aromatic heterocycles. The first-order valence-electron chi connectivity index (χ1n) is 7.38. The molecule has 0 aliphatic heterocycles. The number of ether oxygens (including phenoxy) is 3. The molecule has 4 nitrogen and oxygen atoms in total. The molecule has 0 spiro atoms. The zero-order valence-corrected chi connectivity index (χ0v) is 13.5. The predicted molar refractivity (Wildman–Crippen MR) is 87.2 cm³/mol. The SMILES string of the molecule is CC=Cc1ccc(OC(C)CNCCCOC)c(OC)c1. The third-order valence-electron chi connectivity index (χ3n) is 3.01. The molecule has 118 valence electrons. The van der Waals surface area contributed by atoms with Crippen molar-refractivity contribution in [3.63, 3.8) is 0 Å². The van der Waals surface area contributed by atoms with Gasteiger partial charge in [-0.25, -0.2) is 0 Å². The average Bonchev–Trinajstić information content (AvgIpc) is 2.49. The molecule has 0 heterocycles. The molecule has 1 atom stereocenters. The van der Waals surface area contributed by atoms with Gasteiger partial charge in [-0.1, -0.05) is 18.2 Å². The Kier molecular flexibility index (Phi) is 8.55. The van der Waals surface area contributed by atoms with E-state index in [1.54, 1.807) is 14.2 Å². The first kappa shape index (κ1) is 17.5. The summed E-state index contributed by atoms with van der Waals surface area (Å²) in [5.41, 5.74) is 1.10. The summed E-state index contributed by atoms with van der Waals surface area (Å²) in [5.74, 6) is 1.54. The van der Waals surface area contributed by atoms with Gasteiger partial charge in [0.15, 0.2) is 11.5 Å². The maximum Gasteiger partial charge on any atom is 0.161 e. The summed E-state index contributed by atoms with van der Waals surface area (Å²) < 4.78 is 16.3. The molecule has 1 aromatic rings. The fourth-order valence-corrected chi connectivity index (χ4v) is 1.98. The van der Waals surface area contributed by atoms with Gasteiger partial charge in [-0.3, -0.25) is 0 Å². The van der Waals surface area contributed by atoms with E-state index < -0.39 is 0 Å². The monoisotopic (exact) mass is 293 g/mol. The van der Waals surface area contributed by atoms with Crippen LogP contribution in [0.2, 0.25) is 0 Å². The Labute approximate surface area is 128 Å². The van der Waals surface area contributed by atoms with E-state index in [0.717, 1.165) is 43.2 Å². The molecule has 0 fully saturated rings. The number of rotatable bonds is 10. The lowest BCUT2D eigenvalue weighted by molar-refractivity contribution is 0.186. The van der Waals surface area contributed by atoms with Crippen LogP contribution in [0.3, 0.4) is 0 Å². The van der Waals surface area contributed by atoms with Gasteiger partial charge in [-0.05, 0) is 44.5 Å². The van der Waals surface area contributed by atoms with Crippen molar-refractivity contribution in [3.8, 4) is 11.5 Å². The predicted octanol–water partition coefficient (Wildman–Crippen LogP) is 3.12. The van der Waals surface area contributed by atoms with Crippen LogP contribution in [0.4, 0.5) is 0 Å². The van der Waals surface area contributed by atoms with Gasteiger partial charge in [0.25, 0.3) is 0 Å². The molecular weight excluding hydrogens is 266 g/mol. The lowest BCUT2D eigenvalue weighted by Gasteiger charge is -2.18. The van der Waals surface area contributed by atoms with Gasteiger partial charge < -0.3 is 19.5 Å². The second-order valence-electron chi connectivity index (χ2n) is 4.89. The topological polar surface area (TPSA) is 39.7 Å². The number of nitrogens with one attached hydrogen (secondary N) is 1. The first-order valence-corrected chi connectivity index (χ1v) is 7.38. The molecule has 1 aromatic carbocycles. The molecule has 0 aliphatic rings. The number of allylic oxidation sites excluding steroid dienone is 1. The van der Waals surface area contributed by atoms with Gasteiger partial charge >= 0.3 is 0 Å². The Hall–Kier alpha value is -1.52. The minimum atomic E-state index is 0.0778. The van der Waals surface area contributed by atoms with Crippen LogP contribution in [0.15, 0.2) is 24.3 Å². The maximum absolute atomic E-state index is 5.93. The van der Waals surface area contributed by atoms with E-state index in [9.17, 15) is 0 Å². The van der Waals surface area contributed by atoms with Crippen LogP contribution >= 0.6 is 0 Å². The molecule has 0 radical (unpaired) electrons. The lowest BCUT2D eigenvalue weighted by atomic mass is 10.2. The molecule has 0 amide bonds. The van der Waals surface area contributed by atoms with Crippen LogP contribution in [0.5, 0.6) is 11.5 Å². The van der Waals surface area contributed by atoms with Crippen molar-refractivity contribution in [1.29, 1.82) is 0 Å². The van der Waals surface area contributed by atoms with Crippen molar-refractivity contribution in [2.24, 2.45) is 0 Å². The van der Waals surface area contributed by atoms with Crippen molar-refractivity contribution in [3.05, 3.63) is 29.8 Å². The Morgan fingerprint density at radius 3 is 2.71 bits per heavy atom. The Balaban J connectivity index is 2.49. The largest absolute Gasteiger partial charge is 0.493 e. The highest BCUT2D eigenvalue weighted by Crippen LogP contribution is 2.29. The van der Waals surface area contributed by atoms with Crippen molar-refractivity contribution >= 4 is 6.08 Å². The Bertz CT molecular complexity index is 432. The fourth-order valence-electron chi connectivity index (χ4n) is 1.98. The van der Waals surface area contributed by atoms with Crippen molar-refractivity contribution in [2.75, 3.05) is 33.9 Å². The Morgan fingerprint density at radius 2 is 2.05 bits per heavy atom. The zero-order valence-electron chi connectivity index (χ0n) is 13.5. The normalized spacial score (nSPS) is 12.6. The summed E-state index contributed by atoms with van der Waals surface area (Å²) in [6.07, 6.45) is 5.12. The van der Waals surface area contributed by atoms with Gasteiger partial charge in [0.05, 0.1) is 7.11 Å². The van der Waals surface area contributed by atoms with E-state index in [0.29, 0.717) is 0 Å². The highest BCUT2D eigenvalue weighted by atomic mass is 16.5. The van der Waals surface area contributed by atoms with E-state index in [-0.39, 0.29) is 6.10 Å². The summed E-state index contributed by atoms with van der Waals surface area (Å²) in [6, 6.07) is 5.96. The number of benzene rings is 1. The minimum absolute atomic E-state index is 0.0778. The van der Waals surface area contributed by atoms with E-state index >= 15 is 0 Å². The van der Waals surface area contributed by atoms with Gasteiger partial charge in [0, 0.05) is 20.3 Å². The smallest absolute Gasteiger partial charge is 0.161 e. The minimum Gasteiger partial charge on any atom is -0.493 e. The first-order chi connectivity index (χ1) is 10.2. The average molecular weight is 293 g/mol. The molecule has 0 saturated carbocycles. The maximum atomic E-state index is 5.93. The summed E-state index contributed by atoms with van der Waals surface area (Å²) in [7, 11) is 3.38. The third kappa shape index (κ3) is 6.65. The second kappa shape index (κ2) is 10.2. The molecule has 4 heteroatoms. The molecule has 0 bridgehead atoms. The van der Waals surface area contributed by atoms with Crippen LogP contribution in [-0.2, 0) is 4.74 Å². The molecule has 1 rings (SSSR count). The van der Waals surface area contributed by atoms with Crippen molar-refractivity contribution in [1.82, 2.24) is 5.32 Å². The summed E-state index contributed by atoms with van der Waals surface area (Å²) in [6.45, 7) is 6.54. The molecule has 0 aliphatic carbocycles. The van der Waals surface area contributed by atoms with E-state index in [4.69, 9.17) is 14.2 Å². The number of methoxy groups -OCH3 is 2. The van der Waals surface area contributed by atoms with E-state index in [1.807, 2.05) is 44.2 Å². The van der Waals surface area contributed by atoms with Gasteiger partial charge in [0.1, 0.15) is 6.10 Å². The highest BCUT2D eigenvalue weighted by Gasteiger charge is 2.09. The molecule has 21 heavy (non-hydrogen) atoms. The van der Waals surface area contributed by atoms with Crippen LogP contribution in [0, 0.1) is 0 Å². The van der Waals surface area contributed by atoms with Crippen LogP contribution in [-0.4, -0.2) is 40.0 Å². The fraction of sp³-hybridized carbons (Fsp3) is 0.529. The lowest BCUT2D eigenvalue weighted by Crippen LogP contribution is -2.30. The highest BCUT2D eigenvalue weighted by molar-refractivity contribution is 5.55. The molecule has 0 saturated heterocycles. The molecular formula is C17H27NO3. The number of hydrogen-bond acceptors (Lipinski definition) is 4. The molecule has 1 unspecified atom stereocenters. The van der Waals surface area contributed by atoms with E-state index in [1.165, 1.54) is 0 Å². The van der Waals surface area contributed by atoms with Gasteiger partial charge in [-0.15, -0.1) is 0 Å². The summed E-state index contributed by atoms with van der Waals surface area (Å²) in [4.78, 5) is 0. The number of hydrogen-bond donors (Lipinski definition) is 1. The van der Waals surface area contributed by atoms with E-state index in [2.05, 4.69) is 5.32 Å². The van der Waals surface area contributed by atoms with Crippen LogP contribution < -0.4 is 14.8 Å². The quantitative estimate of drug-likeness (QED) is 0.673. The van der Waals surface area contributed by atoms with Crippen LogP contribution in [0.1, 0.15) is 25.8 Å². The van der Waals surface area contributed by atoms with Crippen molar-refractivity contribution < 1.29 is 14.2 Å². The van der Waals surface area contributed by atoms with Gasteiger partial charge in [0.2, 0.25) is 0 Å². The summed E-state index contributed by atoms with van der Waals surface area (Å²) in [5, 5.41) is 3.35. The standard InChI is InChI=1S/C17H27NO3/c1-5-7-15-8-9-16(17(12-15)20-4)21-14(2)13-18-10-6-11-19-3/h5,7-9,12,14,18H,6,10-11,13H2,1-4H3. The summed E-state index contributed by atoms with van der Waals surface area (Å²) >= 11 is 0. The third-order valence-corrected chi connectivity index (χ3v) is 3.01. The van der Waals surface area contributed by atoms with Crippen molar-refractivity contribution in [2.45, 2.75) is 26.4 Å². The van der Waals surface area contributed by atoms with Gasteiger partial charge in [-0.2, -0.15) is 0 Å². The van der Waals surface area contributed by atoms with Crippen LogP contribution in [0.25, 0.3) is 6.08 Å². The second-order valence-corrected chi connectivity index (χ2v) is 4.89. The molecule has 1 N–H and O–H groups in total.